The Labute approximate surface area is 105 Å². The Kier molecular flexibility index (Phi) is 3.52. The van der Waals surface area contributed by atoms with Gasteiger partial charge in [-0.1, -0.05) is 12.1 Å². The smallest absolute Gasteiger partial charge is 0.212 e. The molecule has 5 nitrogen and oxygen atoms in total. The standard InChI is InChI=1S/C13H14N4O/c1-17(2)11-5-3-10(4-6-11)12-7-15-13(8-14-12)16-9-18/h3-9H,1-2H3,(H,15,16,18). The number of rotatable bonds is 4. The SMILES string of the molecule is CN(C)c1ccc(-c2cnc(NC=O)cn2)cc1. The molecular weight excluding hydrogens is 228 g/mol. The second-order valence-corrected chi connectivity index (χ2v) is 3.99. The highest BCUT2D eigenvalue weighted by Gasteiger charge is 2.01. The first-order valence-corrected chi connectivity index (χ1v) is 5.50. The lowest BCUT2D eigenvalue weighted by Gasteiger charge is -2.12. The van der Waals surface area contributed by atoms with E-state index < -0.39 is 0 Å². The number of anilines is 2. The first-order chi connectivity index (χ1) is 8.70. The maximum absolute atomic E-state index is 10.2. The Bertz CT molecular complexity index is 520. The van der Waals surface area contributed by atoms with Gasteiger partial charge >= 0.3 is 0 Å². The Balaban J connectivity index is 2.22. The lowest BCUT2D eigenvalue weighted by molar-refractivity contribution is -0.105. The van der Waals surface area contributed by atoms with Gasteiger partial charge in [0.15, 0.2) is 5.82 Å². The van der Waals surface area contributed by atoms with E-state index >= 15 is 0 Å². The maximum Gasteiger partial charge on any atom is 0.212 e. The van der Waals surface area contributed by atoms with Crippen LogP contribution in [-0.2, 0) is 4.79 Å². The van der Waals surface area contributed by atoms with E-state index in [1.807, 2.05) is 43.3 Å². The second kappa shape index (κ2) is 5.27. The minimum absolute atomic E-state index is 0.443. The predicted molar refractivity (Wildman–Crippen MR) is 71.5 cm³/mol. The largest absolute Gasteiger partial charge is 0.378 e. The molecule has 0 spiro atoms. The average molecular weight is 242 g/mol. The molecule has 0 aliphatic heterocycles. The van der Waals surface area contributed by atoms with Gasteiger partial charge < -0.3 is 10.2 Å². The van der Waals surface area contributed by atoms with Gasteiger partial charge in [-0.05, 0) is 12.1 Å². The van der Waals surface area contributed by atoms with Crippen LogP contribution in [0.25, 0.3) is 11.3 Å². The molecule has 0 bridgehead atoms. The van der Waals surface area contributed by atoms with Gasteiger partial charge in [0.2, 0.25) is 6.41 Å². The summed E-state index contributed by atoms with van der Waals surface area (Å²) in [5, 5.41) is 2.45. The van der Waals surface area contributed by atoms with Crippen LogP contribution < -0.4 is 10.2 Å². The highest BCUT2D eigenvalue weighted by molar-refractivity contribution is 5.69. The normalized spacial score (nSPS) is 9.89. The van der Waals surface area contributed by atoms with Crippen LogP contribution in [0.4, 0.5) is 11.5 Å². The number of aromatic nitrogens is 2. The summed E-state index contributed by atoms with van der Waals surface area (Å²) in [5.41, 5.74) is 2.90. The number of carbonyl (C=O) groups excluding carboxylic acids is 1. The maximum atomic E-state index is 10.2. The third-order valence-corrected chi connectivity index (χ3v) is 2.54. The molecule has 1 N–H and O–H groups in total. The first kappa shape index (κ1) is 12.0. The predicted octanol–water partition coefficient (Wildman–Crippen LogP) is 1.78. The fourth-order valence-corrected chi connectivity index (χ4v) is 1.54. The first-order valence-electron chi connectivity index (χ1n) is 5.50. The van der Waals surface area contributed by atoms with E-state index in [-0.39, 0.29) is 0 Å². The van der Waals surface area contributed by atoms with Crippen LogP contribution in [0.2, 0.25) is 0 Å². The zero-order valence-electron chi connectivity index (χ0n) is 10.3. The summed E-state index contributed by atoms with van der Waals surface area (Å²) in [6, 6.07) is 8.03. The lowest BCUT2D eigenvalue weighted by atomic mass is 10.1. The summed E-state index contributed by atoms with van der Waals surface area (Å²) < 4.78 is 0. The molecule has 0 aliphatic carbocycles. The Morgan fingerprint density at radius 2 is 1.83 bits per heavy atom. The zero-order valence-corrected chi connectivity index (χ0v) is 10.3. The van der Waals surface area contributed by atoms with E-state index in [4.69, 9.17) is 0 Å². The Hall–Kier alpha value is -2.43. The average Bonchev–Trinajstić information content (AvgIpc) is 2.40. The van der Waals surface area contributed by atoms with Crippen molar-refractivity contribution >= 4 is 17.9 Å². The van der Waals surface area contributed by atoms with Crippen LogP contribution >= 0.6 is 0 Å². The van der Waals surface area contributed by atoms with Crippen molar-refractivity contribution in [1.82, 2.24) is 9.97 Å². The van der Waals surface area contributed by atoms with E-state index in [0.29, 0.717) is 12.2 Å². The molecule has 18 heavy (non-hydrogen) atoms. The number of benzene rings is 1. The molecule has 1 aromatic heterocycles. The molecule has 0 radical (unpaired) electrons. The van der Waals surface area contributed by atoms with Gasteiger partial charge in [0.05, 0.1) is 18.1 Å². The van der Waals surface area contributed by atoms with Gasteiger partial charge in [0.25, 0.3) is 0 Å². The van der Waals surface area contributed by atoms with E-state index in [1.165, 1.54) is 6.20 Å². The topological polar surface area (TPSA) is 58.1 Å². The van der Waals surface area contributed by atoms with Gasteiger partial charge in [-0.15, -0.1) is 0 Å². The van der Waals surface area contributed by atoms with Crippen LogP contribution in [-0.4, -0.2) is 30.5 Å². The number of nitrogens with one attached hydrogen (secondary N) is 1. The van der Waals surface area contributed by atoms with Crippen molar-refractivity contribution in [3.05, 3.63) is 36.7 Å². The van der Waals surface area contributed by atoms with E-state index in [2.05, 4.69) is 15.3 Å². The quantitative estimate of drug-likeness (QED) is 0.830. The number of nitrogens with zero attached hydrogens (tertiary/aromatic N) is 3. The van der Waals surface area contributed by atoms with Crippen LogP contribution in [0.5, 0.6) is 0 Å². The minimum atomic E-state index is 0.443. The Morgan fingerprint density at radius 1 is 1.11 bits per heavy atom. The second-order valence-electron chi connectivity index (χ2n) is 3.99. The number of hydrogen-bond acceptors (Lipinski definition) is 4. The fourth-order valence-electron chi connectivity index (χ4n) is 1.54. The van der Waals surface area contributed by atoms with Crippen molar-refractivity contribution in [3.63, 3.8) is 0 Å². The monoisotopic (exact) mass is 242 g/mol. The van der Waals surface area contributed by atoms with Gasteiger partial charge in [-0.2, -0.15) is 0 Å². The molecule has 1 aromatic carbocycles. The van der Waals surface area contributed by atoms with Crippen LogP contribution in [0.1, 0.15) is 0 Å². The summed E-state index contributed by atoms with van der Waals surface area (Å²) in [4.78, 5) is 20.6. The molecule has 0 aliphatic rings. The molecule has 5 heteroatoms. The van der Waals surface area contributed by atoms with Crippen molar-refractivity contribution in [2.45, 2.75) is 0 Å². The molecular formula is C13H14N4O. The van der Waals surface area contributed by atoms with Crippen LogP contribution in [0, 0.1) is 0 Å². The molecule has 0 saturated heterocycles. The fraction of sp³-hybridized carbons (Fsp3) is 0.154. The lowest BCUT2D eigenvalue weighted by Crippen LogP contribution is -2.07. The van der Waals surface area contributed by atoms with Gasteiger partial charge in [0.1, 0.15) is 0 Å². The van der Waals surface area contributed by atoms with E-state index in [1.54, 1.807) is 6.20 Å². The number of amides is 1. The highest BCUT2D eigenvalue weighted by atomic mass is 16.1. The third kappa shape index (κ3) is 2.63. The number of carbonyl (C=O) groups is 1. The molecule has 92 valence electrons. The summed E-state index contributed by atoms with van der Waals surface area (Å²) in [6.45, 7) is 0. The molecule has 2 aromatic rings. The summed E-state index contributed by atoms with van der Waals surface area (Å²) >= 11 is 0. The van der Waals surface area contributed by atoms with Crippen molar-refractivity contribution in [2.24, 2.45) is 0 Å². The Morgan fingerprint density at radius 3 is 2.33 bits per heavy atom. The molecule has 0 atom stereocenters. The molecule has 1 heterocycles. The third-order valence-electron chi connectivity index (χ3n) is 2.54. The van der Waals surface area contributed by atoms with Crippen LogP contribution in [0.15, 0.2) is 36.7 Å². The minimum Gasteiger partial charge on any atom is -0.378 e. The van der Waals surface area contributed by atoms with Gasteiger partial charge in [0, 0.05) is 25.3 Å². The number of hydrogen-bond donors (Lipinski definition) is 1. The molecule has 0 unspecified atom stereocenters. The van der Waals surface area contributed by atoms with Crippen molar-refractivity contribution in [3.8, 4) is 11.3 Å². The molecule has 0 fully saturated rings. The molecule has 2 rings (SSSR count). The van der Waals surface area contributed by atoms with Crippen molar-refractivity contribution in [1.29, 1.82) is 0 Å². The van der Waals surface area contributed by atoms with Crippen molar-refractivity contribution in [2.75, 3.05) is 24.3 Å². The van der Waals surface area contributed by atoms with E-state index in [9.17, 15) is 4.79 Å². The summed E-state index contributed by atoms with van der Waals surface area (Å²) in [5.74, 6) is 0.443. The summed E-state index contributed by atoms with van der Waals surface area (Å²) in [6.07, 6.45) is 3.75. The van der Waals surface area contributed by atoms with E-state index in [0.717, 1.165) is 16.9 Å². The summed E-state index contributed by atoms with van der Waals surface area (Å²) in [7, 11) is 3.99. The molecule has 1 amide bonds. The molecule has 0 saturated carbocycles. The highest BCUT2D eigenvalue weighted by Crippen LogP contribution is 2.20. The van der Waals surface area contributed by atoms with Gasteiger partial charge in [-0.3, -0.25) is 9.78 Å². The van der Waals surface area contributed by atoms with Crippen LogP contribution in [0.3, 0.4) is 0 Å². The van der Waals surface area contributed by atoms with Gasteiger partial charge in [-0.25, -0.2) is 4.98 Å². The van der Waals surface area contributed by atoms with Crippen molar-refractivity contribution < 1.29 is 4.79 Å². The zero-order chi connectivity index (χ0) is 13.0.